The molecule has 1 amide bonds. The SMILES string of the molecule is CC(C)OC(=O)C1/C(=C/CO)OC2CC(=O)N21. The molecular formula is C11H15NO5. The molecule has 0 aromatic rings. The van der Waals surface area contributed by atoms with E-state index in [-0.39, 0.29) is 31.3 Å². The predicted octanol–water partition coefficient (Wildman–Crippen LogP) is -0.229. The summed E-state index contributed by atoms with van der Waals surface area (Å²) in [6.45, 7) is 3.23. The minimum Gasteiger partial charge on any atom is -0.472 e. The molecule has 2 unspecified atom stereocenters. The largest absolute Gasteiger partial charge is 0.472 e. The second-order valence-electron chi connectivity index (χ2n) is 4.25. The van der Waals surface area contributed by atoms with Gasteiger partial charge in [0.25, 0.3) is 0 Å². The standard InChI is InChI=1S/C11H15NO5/c1-6(2)16-11(15)10-7(3-4-13)17-9-5-8(14)12(9)10/h3,6,9-10,13H,4-5H2,1-2H3/b7-3-. The van der Waals surface area contributed by atoms with Gasteiger partial charge in [-0.05, 0) is 19.9 Å². The number of nitrogens with zero attached hydrogens (tertiary/aromatic N) is 1. The maximum atomic E-state index is 11.9. The highest BCUT2D eigenvalue weighted by Crippen LogP contribution is 2.36. The first-order valence-electron chi connectivity index (χ1n) is 5.53. The molecule has 2 rings (SSSR count). The highest BCUT2D eigenvalue weighted by molar-refractivity contribution is 5.91. The maximum absolute atomic E-state index is 11.9. The molecule has 2 heterocycles. The molecule has 0 aliphatic carbocycles. The number of aliphatic hydroxyl groups is 1. The van der Waals surface area contributed by atoms with Crippen molar-refractivity contribution in [1.29, 1.82) is 0 Å². The van der Waals surface area contributed by atoms with E-state index in [9.17, 15) is 9.59 Å². The summed E-state index contributed by atoms with van der Waals surface area (Å²) in [5.74, 6) is -0.355. The number of ether oxygens (including phenoxy) is 2. The fourth-order valence-electron chi connectivity index (χ4n) is 1.94. The Hall–Kier alpha value is -1.56. The average molecular weight is 241 g/mol. The molecule has 1 N–H and O–H groups in total. The first kappa shape index (κ1) is 11.9. The molecule has 6 nitrogen and oxygen atoms in total. The zero-order chi connectivity index (χ0) is 12.6. The molecule has 0 aromatic carbocycles. The lowest BCUT2D eigenvalue weighted by atomic mass is 10.1. The molecule has 2 atom stereocenters. The minimum atomic E-state index is -0.837. The molecule has 6 heteroatoms. The van der Waals surface area contributed by atoms with Crippen LogP contribution >= 0.6 is 0 Å². The molecule has 0 radical (unpaired) electrons. The van der Waals surface area contributed by atoms with Crippen LogP contribution in [0.3, 0.4) is 0 Å². The van der Waals surface area contributed by atoms with E-state index in [0.717, 1.165) is 0 Å². The van der Waals surface area contributed by atoms with Crippen molar-refractivity contribution < 1.29 is 24.2 Å². The summed E-state index contributed by atoms with van der Waals surface area (Å²) in [5, 5.41) is 8.85. The summed E-state index contributed by atoms with van der Waals surface area (Å²) in [6.07, 6.45) is 1.02. The van der Waals surface area contributed by atoms with E-state index in [1.807, 2.05) is 0 Å². The summed E-state index contributed by atoms with van der Waals surface area (Å²) in [4.78, 5) is 24.6. The molecule has 2 aliphatic rings. The zero-order valence-corrected chi connectivity index (χ0v) is 9.75. The van der Waals surface area contributed by atoms with Gasteiger partial charge in [0.1, 0.15) is 5.76 Å². The second-order valence-corrected chi connectivity index (χ2v) is 4.25. The van der Waals surface area contributed by atoms with Crippen LogP contribution in [0.5, 0.6) is 0 Å². The number of hydrogen-bond acceptors (Lipinski definition) is 5. The van der Waals surface area contributed by atoms with Crippen LogP contribution < -0.4 is 0 Å². The highest BCUT2D eigenvalue weighted by Gasteiger charge is 2.54. The summed E-state index contributed by atoms with van der Waals surface area (Å²) in [5.41, 5.74) is 0. The van der Waals surface area contributed by atoms with E-state index < -0.39 is 12.0 Å². The lowest BCUT2D eigenvalue weighted by Gasteiger charge is -2.34. The number of β-lactam (4-membered cyclic amide) rings is 1. The van der Waals surface area contributed by atoms with Crippen LogP contribution in [0.15, 0.2) is 11.8 Å². The topological polar surface area (TPSA) is 76.1 Å². The van der Waals surface area contributed by atoms with Crippen molar-refractivity contribution in [2.45, 2.75) is 38.6 Å². The van der Waals surface area contributed by atoms with Crippen molar-refractivity contribution in [2.75, 3.05) is 6.61 Å². The van der Waals surface area contributed by atoms with Gasteiger partial charge in [-0.15, -0.1) is 0 Å². The molecule has 0 bridgehead atoms. The molecule has 0 aromatic heterocycles. The Morgan fingerprint density at radius 3 is 2.94 bits per heavy atom. The third kappa shape index (κ3) is 2.00. The molecule has 2 fully saturated rings. The Labute approximate surface area is 98.8 Å². The van der Waals surface area contributed by atoms with Crippen molar-refractivity contribution in [1.82, 2.24) is 4.90 Å². The van der Waals surface area contributed by atoms with Gasteiger partial charge >= 0.3 is 5.97 Å². The van der Waals surface area contributed by atoms with E-state index >= 15 is 0 Å². The van der Waals surface area contributed by atoms with Gasteiger partial charge in [0.05, 0.1) is 19.1 Å². The number of fused-ring (bicyclic) bond motifs is 1. The first-order valence-corrected chi connectivity index (χ1v) is 5.53. The quantitative estimate of drug-likeness (QED) is 0.545. The third-order valence-electron chi connectivity index (χ3n) is 2.63. The van der Waals surface area contributed by atoms with Gasteiger partial charge in [-0.2, -0.15) is 0 Å². The summed E-state index contributed by atoms with van der Waals surface area (Å²) >= 11 is 0. The Bertz CT molecular complexity index is 376. The van der Waals surface area contributed by atoms with Crippen LogP contribution in [-0.2, 0) is 19.1 Å². The molecule has 2 aliphatic heterocycles. The van der Waals surface area contributed by atoms with Gasteiger partial charge in [0.15, 0.2) is 12.3 Å². The van der Waals surface area contributed by atoms with Crippen molar-refractivity contribution in [3.63, 3.8) is 0 Å². The number of esters is 1. The van der Waals surface area contributed by atoms with Crippen molar-refractivity contribution in [3.8, 4) is 0 Å². The number of amides is 1. The van der Waals surface area contributed by atoms with E-state index in [1.165, 1.54) is 11.0 Å². The lowest BCUT2D eigenvalue weighted by molar-refractivity contribution is -0.167. The molecule has 94 valence electrons. The Morgan fingerprint density at radius 1 is 1.71 bits per heavy atom. The monoisotopic (exact) mass is 241 g/mol. The predicted molar refractivity (Wildman–Crippen MR) is 56.5 cm³/mol. The molecule has 0 saturated carbocycles. The Balaban J connectivity index is 2.18. The van der Waals surface area contributed by atoms with Gasteiger partial charge in [0, 0.05) is 0 Å². The van der Waals surface area contributed by atoms with Crippen molar-refractivity contribution >= 4 is 11.9 Å². The van der Waals surface area contributed by atoms with Crippen LogP contribution in [0.4, 0.5) is 0 Å². The summed E-state index contributed by atoms with van der Waals surface area (Å²) in [7, 11) is 0. The Kier molecular flexibility index (Phi) is 3.06. The fraction of sp³-hybridized carbons (Fsp3) is 0.636. The smallest absolute Gasteiger partial charge is 0.337 e. The van der Waals surface area contributed by atoms with E-state index in [0.29, 0.717) is 5.76 Å². The number of carbonyl (C=O) groups excluding carboxylic acids is 2. The van der Waals surface area contributed by atoms with Gasteiger partial charge < -0.3 is 14.6 Å². The van der Waals surface area contributed by atoms with Crippen molar-refractivity contribution in [3.05, 3.63) is 11.8 Å². The highest BCUT2D eigenvalue weighted by atomic mass is 16.6. The number of carbonyl (C=O) groups is 2. The average Bonchev–Trinajstić information content (AvgIpc) is 2.51. The van der Waals surface area contributed by atoms with Crippen LogP contribution in [0.25, 0.3) is 0 Å². The molecule has 2 saturated heterocycles. The molecule has 17 heavy (non-hydrogen) atoms. The number of aliphatic hydroxyl groups excluding tert-OH is 1. The van der Waals surface area contributed by atoms with E-state index in [2.05, 4.69) is 0 Å². The van der Waals surface area contributed by atoms with Crippen LogP contribution in [-0.4, -0.2) is 46.9 Å². The van der Waals surface area contributed by atoms with Crippen LogP contribution in [0.1, 0.15) is 20.3 Å². The number of hydrogen-bond donors (Lipinski definition) is 1. The van der Waals surface area contributed by atoms with Gasteiger partial charge in [-0.25, -0.2) is 4.79 Å². The lowest BCUT2D eigenvalue weighted by Crippen LogP contribution is -2.55. The van der Waals surface area contributed by atoms with E-state index in [4.69, 9.17) is 14.6 Å². The maximum Gasteiger partial charge on any atom is 0.337 e. The van der Waals surface area contributed by atoms with Crippen molar-refractivity contribution in [2.24, 2.45) is 0 Å². The van der Waals surface area contributed by atoms with Gasteiger partial charge in [-0.1, -0.05) is 0 Å². The summed E-state index contributed by atoms with van der Waals surface area (Å²) < 4.78 is 10.5. The first-order chi connectivity index (χ1) is 8.04. The van der Waals surface area contributed by atoms with E-state index in [1.54, 1.807) is 13.8 Å². The zero-order valence-electron chi connectivity index (χ0n) is 9.75. The van der Waals surface area contributed by atoms with Crippen LogP contribution in [0.2, 0.25) is 0 Å². The summed E-state index contributed by atoms with van der Waals surface area (Å²) in [6, 6.07) is -0.837. The van der Waals surface area contributed by atoms with Gasteiger partial charge in [-0.3, -0.25) is 9.69 Å². The minimum absolute atomic E-state index is 0.137. The molecule has 0 spiro atoms. The number of rotatable bonds is 3. The van der Waals surface area contributed by atoms with Crippen LogP contribution in [0, 0.1) is 0 Å². The Morgan fingerprint density at radius 2 is 2.41 bits per heavy atom. The van der Waals surface area contributed by atoms with Gasteiger partial charge in [0.2, 0.25) is 5.91 Å². The second kappa shape index (κ2) is 4.37. The third-order valence-corrected chi connectivity index (χ3v) is 2.63. The normalized spacial score (nSPS) is 29.1. The molecular weight excluding hydrogens is 226 g/mol. The fourth-order valence-corrected chi connectivity index (χ4v) is 1.94.